The van der Waals surface area contributed by atoms with Gasteiger partial charge in [-0.1, -0.05) is 6.07 Å². The third-order valence-electron chi connectivity index (χ3n) is 3.16. The molecule has 4 nitrogen and oxygen atoms in total. The Bertz CT molecular complexity index is 705. The molecular formula is C16H21BrFIN4S. The van der Waals surface area contributed by atoms with E-state index >= 15 is 0 Å². The molecule has 0 unspecified atom stereocenters. The van der Waals surface area contributed by atoms with E-state index in [0.29, 0.717) is 23.5 Å². The molecule has 2 aromatic rings. The van der Waals surface area contributed by atoms with Gasteiger partial charge in [-0.25, -0.2) is 14.4 Å². The number of rotatable bonds is 5. The van der Waals surface area contributed by atoms with Gasteiger partial charge in [-0.15, -0.1) is 35.3 Å². The van der Waals surface area contributed by atoms with E-state index in [-0.39, 0.29) is 29.8 Å². The van der Waals surface area contributed by atoms with E-state index in [0.717, 1.165) is 22.8 Å². The number of thiazole rings is 1. The molecule has 8 heteroatoms. The van der Waals surface area contributed by atoms with Crippen LogP contribution in [0.5, 0.6) is 0 Å². The second kappa shape index (κ2) is 10.3. The van der Waals surface area contributed by atoms with Crippen LogP contribution < -0.4 is 10.6 Å². The molecule has 0 aliphatic rings. The summed E-state index contributed by atoms with van der Waals surface area (Å²) >= 11 is 4.83. The average Bonchev–Trinajstić information content (AvgIpc) is 2.83. The molecule has 0 saturated heterocycles. The highest BCUT2D eigenvalue weighted by atomic mass is 127. The van der Waals surface area contributed by atoms with Crippen LogP contribution in [0.4, 0.5) is 4.39 Å². The summed E-state index contributed by atoms with van der Waals surface area (Å²) in [6.07, 6.45) is 0. The molecule has 0 atom stereocenters. The third kappa shape index (κ3) is 6.29. The summed E-state index contributed by atoms with van der Waals surface area (Å²) in [5.41, 5.74) is 1.87. The maximum absolute atomic E-state index is 13.5. The molecule has 2 rings (SSSR count). The second-order valence-electron chi connectivity index (χ2n) is 5.04. The zero-order valence-electron chi connectivity index (χ0n) is 13.8. The molecule has 0 aliphatic carbocycles. The van der Waals surface area contributed by atoms with Gasteiger partial charge in [-0.2, -0.15) is 0 Å². The minimum atomic E-state index is -0.272. The number of aromatic nitrogens is 1. The Kier molecular flexibility index (Phi) is 9.14. The van der Waals surface area contributed by atoms with Gasteiger partial charge in [0, 0.05) is 11.4 Å². The van der Waals surface area contributed by atoms with Crippen LogP contribution in [0.25, 0.3) is 0 Å². The van der Waals surface area contributed by atoms with Crippen LogP contribution in [0.15, 0.2) is 27.7 Å². The molecule has 0 radical (unpaired) electrons. The minimum absolute atomic E-state index is 0. The summed E-state index contributed by atoms with van der Waals surface area (Å²) in [4.78, 5) is 10.1. The monoisotopic (exact) mass is 526 g/mol. The number of halogens is 3. The van der Waals surface area contributed by atoms with Crippen molar-refractivity contribution >= 4 is 57.2 Å². The average molecular weight is 527 g/mol. The van der Waals surface area contributed by atoms with Gasteiger partial charge in [0.1, 0.15) is 5.82 Å². The quantitative estimate of drug-likeness (QED) is 0.342. The number of guanidine groups is 1. The highest BCUT2D eigenvalue weighted by Gasteiger charge is 2.06. The van der Waals surface area contributed by atoms with Gasteiger partial charge >= 0.3 is 0 Å². The Morgan fingerprint density at radius 2 is 2.08 bits per heavy atom. The smallest absolute Gasteiger partial charge is 0.191 e. The van der Waals surface area contributed by atoms with Gasteiger partial charge in [0.25, 0.3) is 0 Å². The van der Waals surface area contributed by atoms with Crippen LogP contribution in [-0.2, 0) is 13.1 Å². The van der Waals surface area contributed by atoms with Gasteiger partial charge < -0.3 is 10.6 Å². The van der Waals surface area contributed by atoms with Crippen LogP contribution in [0.2, 0.25) is 0 Å². The number of nitrogens with one attached hydrogen (secondary N) is 2. The number of nitrogens with zero attached hydrogens (tertiary/aromatic N) is 2. The van der Waals surface area contributed by atoms with Crippen LogP contribution in [-0.4, -0.2) is 17.5 Å². The van der Waals surface area contributed by atoms with Gasteiger partial charge in [0.2, 0.25) is 0 Å². The first-order chi connectivity index (χ1) is 11.0. The van der Waals surface area contributed by atoms with Crippen LogP contribution in [0.1, 0.15) is 28.1 Å². The van der Waals surface area contributed by atoms with Crippen molar-refractivity contribution in [3.05, 3.63) is 49.6 Å². The topological polar surface area (TPSA) is 49.3 Å². The van der Waals surface area contributed by atoms with E-state index < -0.39 is 0 Å². The third-order valence-corrected chi connectivity index (χ3v) is 4.88. The maximum Gasteiger partial charge on any atom is 0.191 e. The van der Waals surface area contributed by atoms with Crippen LogP contribution in [0, 0.1) is 19.7 Å². The van der Waals surface area contributed by atoms with E-state index in [1.165, 1.54) is 10.9 Å². The van der Waals surface area contributed by atoms with Crippen LogP contribution >= 0.6 is 51.2 Å². The molecular weight excluding hydrogens is 506 g/mol. The Balaban J connectivity index is 0.00000288. The first-order valence-electron chi connectivity index (χ1n) is 7.38. The Hall–Kier alpha value is -0.740. The van der Waals surface area contributed by atoms with Crippen molar-refractivity contribution in [1.82, 2.24) is 15.6 Å². The van der Waals surface area contributed by atoms with E-state index in [1.807, 2.05) is 26.8 Å². The van der Waals surface area contributed by atoms with Crippen molar-refractivity contribution in [1.29, 1.82) is 0 Å². The van der Waals surface area contributed by atoms with E-state index in [2.05, 4.69) is 36.5 Å². The fourth-order valence-electron chi connectivity index (χ4n) is 2.05. The van der Waals surface area contributed by atoms with E-state index in [9.17, 15) is 4.39 Å². The van der Waals surface area contributed by atoms with Gasteiger partial charge in [0.05, 0.1) is 28.3 Å². The highest BCUT2D eigenvalue weighted by Crippen LogP contribution is 2.17. The lowest BCUT2D eigenvalue weighted by atomic mass is 10.2. The van der Waals surface area contributed by atoms with Gasteiger partial charge in [-0.05, 0) is 54.4 Å². The lowest BCUT2D eigenvalue weighted by Crippen LogP contribution is -2.36. The van der Waals surface area contributed by atoms with E-state index in [4.69, 9.17) is 0 Å². The van der Waals surface area contributed by atoms with Gasteiger partial charge in [0.15, 0.2) is 5.96 Å². The summed E-state index contributed by atoms with van der Waals surface area (Å²) in [7, 11) is 0. The number of aryl methyl sites for hydroxylation is 2. The summed E-state index contributed by atoms with van der Waals surface area (Å²) < 4.78 is 14.0. The highest BCUT2D eigenvalue weighted by molar-refractivity contribution is 14.0. The van der Waals surface area contributed by atoms with Crippen molar-refractivity contribution in [2.75, 3.05) is 6.54 Å². The summed E-state index contributed by atoms with van der Waals surface area (Å²) in [6, 6.07) is 5.05. The summed E-state index contributed by atoms with van der Waals surface area (Å²) in [5, 5.41) is 7.55. The molecule has 0 spiro atoms. The lowest BCUT2D eigenvalue weighted by Gasteiger charge is -2.11. The van der Waals surface area contributed by atoms with Crippen molar-refractivity contribution in [3.8, 4) is 0 Å². The summed E-state index contributed by atoms with van der Waals surface area (Å²) in [6.45, 7) is 7.88. The van der Waals surface area contributed by atoms with Gasteiger partial charge in [-0.3, -0.25) is 0 Å². The molecule has 1 aromatic carbocycles. The molecule has 0 aliphatic heterocycles. The Labute approximate surface area is 171 Å². The molecule has 1 heterocycles. The number of aliphatic imine (C=N–C) groups is 1. The van der Waals surface area contributed by atoms with Crippen LogP contribution in [0.3, 0.4) is 0 Å². The van der Waals surface area contributed by atoms with Crippen molar-refractivity contribution in [3.63, 3.8) is 0 Å². The number of benzene rings is 1. The predicted molar refractivity (Wildman–Crippen MR) is 113 cm³/mol. The largest absolute Gasteiger partial charge is 0.357 e. The molecule has 0 amide bonds. The second-order valence-corrected chi connectivity index (χ2v) is 7.18. The predicted octanol–water partition coefficient (Wildman–Crippen LogP) is 4.53. The fourth-order valence-corrected chi connectivity index (χ4v) is 3.18. The summed E-state index contributed by atoms with van der Waals surface area (Å²) in [5.74, 6) is 0.438. The maximum atomic E-state index is 13.5. The molecule has 132 valence electrons. The van der Waals surface area contributed by atoms with E-state index in [1.54, 1.807) is 17.4 Å². The SMILES string of the molecule is CCNC(=NCc1ccc(Br)c(F)c1)NCc1sc(C)nc1C.I. The van der Waals surface area contributed by atoms with Crippen molar-refractivity contribution in [2.24, 2.45) is 4.99 Å². The normalized spacial score (nSPS) is 11.1. The molecule has 0 saturated carbocycles. The van der Waals surface area contributed by atoms with Crippen molar-refractivity contribution in [2.45, 2.75) is 33.9 Å². The Morgan fingerprint density at radius 1 is 1.33 bits per heavy atom. The Morgan fingerprint density at radius 3 is 2.67 bits per heavy atom. The lowest BCUT2D eigenvalue weighted by molar-refractivity contribution is 0.618. The zero-order valence-corrected chi connectivity index (χ0v) is 18.6. The fraction of sp³-hybridized carbons (Fsp3) is 0.375. The molecule has 0 bridgehead atoms. The molecule has 0 fully saturated rings. The van der Waals surface area contributed by atoms with Crippen molar-refractivity contribution < 1.29 is 4.39 Å². The minimum Gasteiger partial charge on any atom is -0.357 e. The first kappa shape index (κ1) is 21.3. The first-order valence-corrected chi connectivity index (χ1v) is 8.99. The molecule has 2 N–H and O–H groups in total. The zero-order chi connectivity index (χ0) is 16.8. The molecule has 1 aromatic heterocycles. The number of hydrogen-bond acceptors (Lipinski definition) is 3. The molecule has 24 heavy (non-hydrogen) atoms. The number of hydrogen-bond donors (Lipinski definition) is 2. The standard InChI is InChI=1S/C16H20BrFN4S.HI/c1-4-19-16(21-9-15-10(2)22-11(3)23-15)20-8-12-5-6-13(17)14(18)7-12;/h5-7H,4,8-9H2,1-3H3,(H2,19,20,21);1H.